The molecule has 1 heterocycles. The summed E-state index contributed by atoms with van der Waals surface area (Å²) in [4.78, 5) is 24.9. The summed E-state index contributed by atoms with van der Waals surface area (Å²) >= 11 is 0. The summed E-state index contributed by atoms with van der Waals surface area (Å²) in [6, 6.07) is 7.33. The van der Waals surface area contributed by atoms with Crippen LogP contribution < -0.4 is 5.32 Å². The highest BCUT2D eigenvalue weighted by Gasteiger charge is 2.24. The number of carboxylic acid groups (broad SMARTS) is 1. The number of carboxylic acids is 1. The summed E-state index contributed by atoms with van der Waals surface area (Å²) < 4.78 is 0. The number of benzene rings is 1. The maximum absolute atomic E-state index is 12.0. The average Bonchev–Trinajstić information content (AvgIpc) is 2.46. The van der Waals surface area contributed by atoms with E-state index in [1.54, 1.807) is 35.2 Å². The predicted octanol–water partition coefficient (Wildman–Crippen LogP) is 1.78. The Morgan fingerprint density at radius 3 is 2.53 bits per heavy atom. The van der Waals surface area contributed by atoms with Gasteiger partial charge < -0.3 is 15.3 Å². The molecular weight excluding hydrogens is 244 g/mol. The normalized spacial score (nSPS) is 15.9. The zero-order valence-electron chi connectivity index (χ0n) is 10.5. The fraction of sp³-hybridized carbons (Fsp3) is 0.286. The molecule has 100 valence electrons. The first kappa shape index (κ1) is 13.1. The van der Waals surface area contributed by atoms with E-state index in [1.807, 2.05) is 12.2 Å². The Balaban J connectivity index is 2.07. The van der Waals surface area contributed by atoms with E-state index >= 15 is 0 Å². The minimum atomic E-state index is -1.06. The van der Waals surface area contributed by atoms with Gasteiger partial charge in [0, 0.05) is 13.1 Å². The molecular formula is C14H16N2O3. The molecule has 2 rings (SSSR count). The highest BCUT2D eigenvalue weighted by atomic mass is 16.4. The summed E-state index contributed by atoms with van der Waals surface area (Å²) in [7, 11) is 0. The fourth-order valence-electron chi connectivity index (χ4n) is 1.97. The number of amides is 2. The zero-order chi connectivity index (χ0) is 13.7. The van der Waals surface area contributed by atoms with Crippen LogP contribution in [0.4, 0.5) is 4.79 Å². The van der Waals surface area contributed by atoms with Crippen LogP contribution in [0.25, 0.3) is 0 Å². The first-order valence-electron chi connectivity index (χ1n) is 6.16. The Hall–Kier alpha value is -2.30. The zero-order valence-corrected chi connectivity index (χ0v) is 10.5. The SMILES string of the molecule is O=C(O)C(NC(=O)N1CC=CCC1)c1ccccc1. The van der Waals surface area contributed by atoms with E-state index in [0.29, 0.717) is 18.7 Å². The van der Waals surface area contributed by atoms with Crippen LogP contribution >= 0.6 is 0 Å². The van der Waals surface area contributed by atoms with E-state index in [0.717, 1.165) is 6.42 Å². The monoisotopic (exact) mass is 260 g/mol. The minimum Gasteiger partial charge on any atom is -0.479 e. The topological polar surface area (TPSA) is 69.6 Å². The van der Waals surface area contributed by atoms with Gasteiger partial charge in [-0.3, -0.25) is 0 Å². The number of nitrogens with zero attached hydrogens (tertiary/aromatic N) is 1. The maximum atomic E-state index is 12.0. The van der Waals surface area contributed by atoms with E-state index in [-0.39, 0.29) is 6.03 Å². The molecule has 1 aliphatic rings. The summed E-state index contributed by atoms with van der Waals surface area (Å²) in [6.45, 7) is 1.14. The Morgan fingerprint density at radius 1 is 1.21 bits per heavy atom. The van der Waals surface area contributed by atoms with Crippen molar-refractivity contribution in [3.8, 4) is 0 Å². The Kier molecular flexibility index (Phi) is 4.18. The molecule has 19 heavy (non-hydrogen) atoms. The number of rotatable bonds is 3. The van der Waals surface area contributed by atoms with E-state index < -0.39 is 12.0 Å². The number of carbonyl (C=O) groups excluding carboxylic acids is 1. The average molecular weight is 260 g/mol. The number of hydrogen-bond donors (Lipinski definition) is 2. The minimum absolute atomic E-state index is 0.347. The molecule has 0 bridgehead atoms. The maximum Gasteiger partial charge on any atom is 0.330 e. The van der Waals surface area contributed by atoms with Gasteiger partial charge >= 0.3 is 12.0 Å². The molecule has 0 fully saturated rings. The number of urea groups is 1. The third-order valence-electron chi connectivity index (χ3n) is 2.99. The van der Waals surface area contributed by atoms with Crippen molar-refractivity contribution < 1.29 is 14.7 Å². The molecule has 2 N–H and O–H groups in total. The molecule has 1 aromatic rings. The number of aliphatic carboxylic acids is 1. The molecule has 2 amide bonds. The van der Waals surface area contributed by atoms with Crippen molar-refractivity contribution in [1.29, 1.82) is 0 Å². The van der Waals surface area contributed by atoms with Gasteiger partial charge in [-0.2, -0.15) is 0 Å². The van der Waals surface area contributed by atoms with Gasteiger partial charge in [-0.1, -0.05) is 42.5 Å². The van der Waals surface area contributed by atoms with Crippen molar-refractivity contribution in [2.75, 3.05) is 13.1 Å². The van der Waals surface area contributed by atoms with E-state index in [4.69, 9.17) is 0 Å². The van der Waals surface area contributed by atoms with Crippen molar-refractivity contribution in [3.05, 3.63) is 48.0 Å². The molecule has 1 atom stereocenters. The van der Waals surface area contributed by atoms with Crippen LogP contribution in [0.5, 0.6) is 0 Å². The summed E-state index contributed by atoms with van der Waals surface area (Å²) in [5, 5.41) is 11.8. The largest absolute Gasteiger partial charge is 0.479 e. The van der Waals surface area contributed by atoms with Crippen LogP contribution in [0, 0.1) is 0 Å². The van der Waals surface area contributed by atoms with Gasteiger partial charge in [0.25, 0.3) is 0 Å². The lowest BCUT2D eigenvalue weighted by Crippen LogP contribution is -2.45. The highest BCUT2D eigenvalue weighted by Crippen LogP contribution is 2.13. The first-order valence-corrected chi connectivity index (χ1v) is 6.16. The fourth-order valence-corrected chi connectivity index (χ4v) is 1.97. The summed E-state index contributed by atoms with van der Waals surface area (Å²) in [5.41, 5.74) is 0.566. The smallest absolute Gasteiger partial charge is 0.330 e. The van der Waals surface area contributed by atoms with Crippen LogP contribution in [-0.4, -0.2) is 35.1 Å². The van der Waals surface area contributed by atoms with Crippen molar-refractivity contribution in [1.82, 2.24) is 10.2 Å². The van der Waals surface area contributed by atoms with Crippen molar-refractivity contribution in [2.24, 2.45) is 0 Å². The van der Waals surface area contributed by atoms with Gasteiger partial charge in [0.1, 0.15) is 0 Å². The number of nitrogens with one attached hydrogen (secondary N) is 1. The highest BCUT2D eigenvalue weighted by molar-refractivity contribution is 5.83. The van der Waals surface area contributed by atoms with Crippen LogP contribution in [0.1, 0.15) is 18.0 Å². The lowest BCUT2D eigenvalue weighted by molar-refractivity contribution is -0.139. The molecule has 0 saturated carbocycles. The standard InChI is InChI=1S/C14H16N2O3/c17-13(18)12(11-7-3-1-4-8-11)15-14(19)16-9-5-2-6-10-16/h1-5,7-8,12H,6,9-10H2,(H,15,19)(H,17,18). The van der Waals surface area contributed by atoms with E-state index in [2.05, 4.69) is 5.32 Å². The van der Waals surface area contributed by atoms with Gasteiger partial charge in [-0.25, -0.2) is 9.59 Å². The lowest BCUT2D eigenvalue weighted by Gasteiger charge is -2.25. The molecule has 1 aliphatic heterocycles. The molecule has 0 spiro atoms. The van der Waals surface area contributed by atoms with Crippen LogP contribution in [0.3, 0.4) is 0 Å². The van der Waals surface area contributed by atoms with Crippen molar-refractivity contribution in [3.63, 3.8) is 0 Å². The Labute approximate surface area is 111 Å². The molecule has 0 aliphatic carbocycles. The molecule has 5 heteroatoms. The molecule has 1 aromatic carbocycles. The van der Waals surface area contributed by atoms with Gasteiger partial charge in [0.15, 0.2) is 6.04 Å². The molecule has 5 nitrogen and oxygen atoms in total. The Bertz CT molecular complexity index is 485. The third kappa shape index (κ3) is 3.34. The van der Waals surface area contributed by atoms with Crippen LogP contribution in [0.15, 0.2) is 42.5 Å². The second-order valence-corrected chi connectivity index (χ2v) is 4.34. The lowest BCUT2D eigenvalue weighted by atomic mass is 10.1. The second kappa shape index (κ2) is 6.04. The van der Waals surface area contributed by atoms with Crippen LogP contribution in [-0.2, 0) is 4.79 Å². The number of carbonyl (C=O) groups is 2. The van der Waals surface area contributed by atoms with E-state index in [1.165, 1.54) is 0 Å². The van der Waals surface area contributed by atoms with Gasteiger partial charge in [0.2, 0.25) is 0 Å². The molecule has 0 aromatic heterocycles. The predicted molar refractivity (Wildman–Crippen MR) is 70.7 cm³/mol. The van der Waals surface area contributed by atoms with Gasteiger partial charge in [-0.05, 0) is 12.0 Å². The molecule has 0 radical (unpaired) electrons. The quantitative estimate of drug-likeness (QED) is 0.814. The summed E-state index contributed by atoms with van der Waals surface area (Å²) in [6.07, 6.45) is 4.72. The Morgan fingerprint density at radius 2 is 1.95 bits per heavy atom. The molecule has 0 saturated heterocycles. The van der Waals surface area contributed by atoms with Gasteiger partial charge in [-0.15, -0.1) is 0 Å². The summed E-state index contributed by atoms with van der Waals surface area (Å²) in [5.74, 6) is -1.06. The van der Waals surface area contributed by atoms with E-state index in [9.17, 15) is 14.7 Å². The van der Waals surface area contributed by atoms with Crippen molar-refractivity contribution in [2.45, 2.75) is 12.5 Å². The van der Waals surface area contributed by atoms with Crippen molar-refractivity contribution >= 4 is 12.0 Å². The first-order chi connectivity index (χ1) is 9.18. The van der Waals surface area contributed by atoms with Gasteiger partial charge in [0.05, 0.1) is 0 Å². The van der Waals surface area contributed by atoms with Crippen LogP contribution in [0.2, 0.25) is 0 Å². The second-order valence-electron chi connectivity index (χ2n) is 4.34. The number of hydrogen-bond acceptors (Lipinski definition) is 2. The third-order valence-corrected chi connectivity index (χ3v) is 2.99. The molecule has 1 unspecified atom stereocenters.